The van der Waals surface area contributed by atoms with Gasteiger partial charge in [0.1, 0.15) is 11.5 Å². The Kier molecular flexibility index (Phi) is 3.13. The van der Waals surface area contributed by atoms with Crippen LogP contribution in [0.4, 0.5) is 5.13 Å². The summed E-state index contributed by atoms with van der Waals surface area (Å²) >= 11 is 1.25. The number of hydrogen-bond donors (Lipinski definition) is 1. The maximum absolute atomic E-state index is 11.7. The van der Waals surface area contributed by atoms with Gasteiger partial charge in [0.05, 0.1) is 12.3 Å². The molecule has 0 unspecified atom stereocenters. The number of thiazole rings is 1. The largest absolute Gasteiger partial charge is 0.367 e. The lowest BCUT2D eigenvalue weighted by atomic mass is 10.2. The zero-order valence-electron chi connectivity index (χ0n) is 9.90. The number of ketones is 1. The monoisotopic (exact) mass is 266 g/mol. The lowest BCUT2D eigenvalue weighted by molar-refractivity contribution is -0.116. The standard InChI is InChI=1S/C12H14N2O3S/c15-9-6-17-5-8-11(9)18-12(13-8)14-10(16)4-3-7-1-2-7/h7H,1-6H2,(H,13,14,16). The number of aromatic nitrogens is 1. The van der Waals surface area contributed by atoms with Gasteiger partial charge in [-0.05, 0) is 12.3 Å². The summed E-state index contributed by atoms with van der Waals surface area (Å²) in [5.41, 5.74) is 0.647. The van der Waals surface area contributed by atoms with Crippen LogP contribution in [0.25, 0.3) is 0 Å². The van der Waals surface area contributed by atoms with Gasteiger partial charge in [-0.3, -0.25) is 9.59 Å². The van der Waals surface area contributed by atoms with Crippen molar-refractivity contribution in [3.8, 4) is 0 Å². The van der Waals surface area contributed by atoms with Crippen molar-refractivity contribution in [3.05, 3.63) is 10.6 Å². The number of amides is 1. The Morgan fingerprint density at radius 2 is 2.28 bits per heavy atom. The first kappa shape index (κ1) is 11.8. The fourth-order valence-corrected chi connectivity index (χ4v) is 2.86. The molecular weight excluding hydrogens is 252 g/mol. The second kappa shape index (κ2) is 4.78. The molecule has 1 aromatic rings. The fraction of sp³-hybridized carbons (Fsp3) is 0.583. The first-order valence-corrected chi connectivity index (χ1v) is 6.94. The minimum Gasteiger partial charge on any atom is -0.367 e. The van der Waals surface area contributed by atoms with Gasteiger partial charge in [-0.1, -0.05) is 24.2 Å². The number of rotatable bonds is 4. The zero-order valence-corrected chi connectivity index (χ0v) is 10.7. The van der Waals surface area contributed by atoms with Gasteiger partial charge < -0.3 is 10.1 Å². The van der Waals surface area contributed by atoms with Crippen LogP contribution in [0.5, 0.6) is 0 Å². The summed E-state index contributed by atoms with van der Waals surface area (Å²) in [5.74, 6) is 0.684. The van der Waals surface area contributed by atoms with Gasteiger partial charge in [0.15, 0.2) is 10.9 Å². The predicted octanol–water partition coefficient (Wildman–Crippen LogP) is 1.98. The van der Waals surface area contributed by atoms with Gasteiger partial charge in [-0.2, -0.15) is 0 Å². The van der Waals surface area contributed by atoms with E-state index in [4.69, 9.17) is 4.74 Å². The number of nitrogens with zero attached hydrogens (tertiary/aromatic N) is 1. The van der Waals surface area contributed by atoms with E-state index in [1.165, 1.54) is 24.2 Å². The van der Waals surface area contributed by atoms with Crippen LogP contribution in [0, 0.1) is 5.92 Å². The topological polar surface area (TPSA) is 68.3 Å². The number of Topliss-reactive ketones (excluding diaryl/α,β-unsaturated/α-hetero) is 1. The highest BCUT2D eigenvalue weighted by molar-refractivity contribution is 7.17. The number of carbonyl (C=O) groups is 2. The SMILES string of the molecule is O=C(CCC1CC1)Nc1nc2c(s1)C(=O)COC2. The van der Waals surface area contributed by atoms with Crippen LogP contribution >= 0.6 is 11.3 Å². The van der Waals surface area contributed by atoms with Crippen LogP contribution in [0.15, 0.2) is 0 Å². The van der Waals surface area contributed by atoms with Gasteiger partial charge in [-0.15, -0.1) is 0 Å². The Morgan fingerprint density at radius 3 is 3.00 bits per heavy atom. The number of nitrogens with one attached hydrogen (secondary N) is 1. The molecule has 6 heteroatoms. The van der Waals surface area contributed by atoms with E-state index in [-0.39, 0.29) is 18.3 Å². The molecule has 96 valence electrons. The third kappa shape index (κ3) is 2.59. The van der Waals surface area contributed by atoms with E-state index in [0.29, 0.717) is 28.7 Å². The number of hydrogen-bond acceptors (Lipinski definition) is 5. The second-order valence-corrected chi connectivity index (χ2v) is 5.74. The highest BCUT2D eigenvalue weighted by Gasteiger charge is 2.24. The molecule has 0 radical (unpaired) electrons. The predicted molar refractivity (Wildman–Crippen MR) is 66.7 cm³/mol. The lowest BCUT2D eigenvalue weighted by Gasteiger charge is -2.07. The molecule has 0 saturated heterocycles. The molecule has 1 N–H and O–H groups in total. The molecule has 1 amide bonds. The molecule has 18 heavy (non-hydrogen) atoms. The summed E-state index contributed by atoms with van der Waals surface area (Å²) < 4.78 is 5.10. The molecule has 1 saturated carbocycles. The molecule has 5 nitrogen and oxygen atoms in total. The number of carbonyl (C=O) groups excluding carboxylic acids is 2. The zero-order chi connectivity index (χ0) is 12.5. The Labute approximate surface area is 109 Å². The molecule has 0 spiro atoms. The fourth-order valence-electron chi connectivity index (χ4n) is 1.95. The van der Waals surface area contributed by atoms with Crippen molar-refractivity contribution in [2.75, 3.05) is 11.9 Å². The molecule has 2 heterocycles. The van der Waals surface area contributed by atoms with E-state index >= 15 is 0 Å². The number of ether oxygens (including phenoxy) is 1. The van der Waals surface area contributed by atoms with Gasteiger partial charge >= 0.3 is 0 Å². The summed E-state index contributed by atoms with van der Waals surface area (Å²) in [5, 5.41) is 3.28. The van der Waals surface area contributed by atoms with Crippen molar-refractivity contribution >= 4 is 28.2 Å². The van der Waals surface area contributed by atoms with Gasteiger partial charge in [0.25, 0.3) is 0 Å². The van der Waals surface area contributed by atoms with Gasteiger partial charge in [-0.25, -0.2) is 4.98 Å². The Morgan fingerprint density at radius 1 is 1.44 bits per heavy atom. The number of anilines is 1. The van der Waals surface area contributed by atoms with E-state index in [1.807, 2.05) is 0 Å². The van der Waals surface area contributed by atoms with E-state index in [2.05, 4.69) is 10.3 Å². The summed E-state index contributed by atoms with van der Waals surface area (Å²) in [7, 11) is 0. The van der Waals surface area contributed by atoms with Crippen LogP contribution in [0.1, 0.15) is 41.0 Å². The highest BCUT2D eigenvalue weighted by atomic mass is 32.1. The molecule has 0 bridgehead atoms. The quantitative estimate of drug-likeness (QED) is 0.904. The van der Waals surface area contributed by atoms with E-state index in [9.17, 15) is 9.59 Å². The summed E-state index contributed by atoms with van der Waals surface area (Å²) in [6.07, 6.45) is 4.01. The van der Waals surface area contributed by atoms with Crippen LogP contribution in [-0.4, -0.2) is 23.3 Å². The van der Waals surface area contributed by atoms with Crippen molar-refractivity contribution < 1.29 is 14.3 Å². The Hall–Kier alpha value is -1.27. The van der Waals surface area contributed by atoms with E-state index < -0.39 is 0 Å². The minimum absolute atomic E-state index is 0.0126. The average Bonchev–Trinajstić information content (AvgIpc) is 3.07. The van der Waals surface area contributed by atoms with Crippen LogP contribution < -0.4 is 5.32 Å². The van der Waals surface area contributed by atoms with Gasteiger partial charge in [0.2, 0.25) is 5.91 Å². The van der Waals surface area contributed by atoms with Crippen molar-refractivity contribution in [2.24, 2.45) is 5.92 Å². The molecular formula is C12H14N2O3S. The Bertz CT molecular complexity index is 494. The summed E-state index contributed by atoms with van der Waals surface area (Å²) in [6.45, 7) is 0.472. The summed E-state index contributed by atoms with van der Waals surface area (Å²) in [6, 6.07) is 0. The van der Waals surface area contributed by atoms with Crippen LogP contribution in [-0.2, 0) is 16.1 Å². The minimum atomic E-state index is -0.0489. The molecule has 2 aliphatic rings. The van der Waals surface area contributed by atoms with Crippen molar-refractivity contribution in [3.63, 3.8) is 0 Å². The Balaban J connectivity index is 1.61. The normalized spacial score (nSPS) is 18.6. The third-order valence-electron chi connectivity index (χ3n) is 3.15. The molecule has 3 rings (SSSR count). The first-order valence-electron chi connectivity index (χ1n) is 6.13. The van der Waals surface area contributed by atoms with Gasteiger partial charge in [0, 0.05) is 6.42 Å². The summed E-state index contributed by atoms with van der Waals surface area (Å²) in [4.78, 5) is 28.1. The second-order valence-electron chi connectivity index (χ2n) is 4.74. The smallest absolute Gasteiger partial charge is 0.226 e. The molecule has 1 aromatic heterocycles. The maximum atomic E-state index is 11.7. The van der Waals surface area contributed by atoms with Crippen LogP contribution in [0.2, 0.25) is 0 Å². The van der Waals surface area contributed by atoms with E-state index in [1.54, 1.807) is 0 Å². The van der Waals surface area contributed by atoms with E-state index in [0.717, 1.165) is 12.3 Å². The third-order valence-corrected chi connectivity index (χ3v) is 4.20. The molecule has 1 aliphatic carbocycles. The maximum Gasteiger partial charge on any atom is 0.226 e. The molecule has 0 aromatic carbocycles. The first-order chi connectivity index (χ1) is 8.72. The van der Waals surface area contributed by atoms with Crippen LogP contribution in [0.3, 0.4) is 0 Å². The molecule has 0 atom stereocenters. The van der Waals surface area contributed by atoms with Crippen molar-refractivity contribution in [1.82, 2.24) is 4.98 Å². The molecule has 1 fully saturated rings. The van der Waals surface area contributed by atoms with Crippen molar-refractivity contribution in [1.29, 1.82) is 0 Å². The highest BCUT2D eigenvalue weighted by Crippen LogP contribution is 2.33. The number of fused-ring (bicyclic) bond motifs is 1. The van der Waals surface area contributed by atoms with Crippen molar-refractivity contribution in [2.45, 2.75) is 32.3 Å². The molecule has 1 aliphatic heterocycles. The average molecular weight is 266 g/mol. The lowest BCUT2D eigenvalue weighted by Crippen LogP contribution is -2.16.